The molecule has 1 saturated carbocycles. The second-order valence-corrected chi connectivity index (χ2v) is 4.98. The third-order valence-corrected chi connectivity index (χ3v) is 3.84. The van der Waals surface area contributed by atoms with Crippen LogP contribution < -0.4 is 5.73 Å². The molecule has 0 radical (unpaired) electrons. The Kier molecular flexibility index (Phi) is 2.49. The first kappa shape index (κ1) is 11.4. The van der Waals surface area contributed by atoms with E-state index < -0.39 is 12.2 Å². The maximum absolute atomic E-state index is 10.1. The average Bonchev–Trinajstić information content (AvgIpc) is 2.88. The van der Waals surface area contributed by atoms with Gasteiger partial charge < -0.3 is 20.5 Å². The van der Waals surface area contributed by atoms with Crippen LogP contribution in [0.25, 0.3) is 11.0 Å². The van der Waals surface area contributed by atoms with Gasteiger partial charge in [-0.25, -0.2) is 9.97 Å². The van der Waals surface area contributed by atoms with Crippen LogP contribution in [0.3, 0.4) is 0 Å². The van der Waals surface area contributed by atoms with E-state index in [-0.39, 0.29) is 12.0 Å². The van der Waals surface area contributed by atoms with E-state index in [9.17, 15) is 10.2 Å². The fourth-order valence-corrected chi connectivity index (χ4v) is 2.76. The van der Waals surface area contributed by atoms with Crippen LogP contribution in [0.1, 0.15) is 19.4 Å². The molecule has 0 saturated heterocycles. The van der Waals surface area contributed by atoms with Crippen molar-refractivity contribution in [1.29, 1.82) is 0 Å². The largest absolute Gasteiger partial charge is 0.390 e. The van der Waals surface area contributed by atoms with Crippen molar-refractivity contribution in [3.05, 3.63) is 18.6 Å². The number of rotatable bonds is 1. The molecular formula is C12H16N4O2. The summed E-state index contributed by atoms with van der Waals surface area (Å²) in [5.74, 6) is 0.501. The Balaban J connectivity index is 2.08. The molecular weight excluding hydrogens is 232 g/mol. The van der Waals surface area contributed by atoms with Crippen LogP contribution in [0, 0.1) is 5.92 Å². The monoisotopic (exact) mass is 248 g/mol. The Morgan fingerprint density at radius 3 is 2.78 bits per heavy atom. The average molecular weight is 248 g/mol. The standard InChI is InChI=1S/C12H16N4O2/c1-6-4-8(10(18)9(6)17)16-3-2-7-11(13)14-5-15-12(7)16/h2-3,5-6,8-10,17-18H,4H2,1H3,(H2,13,14,15)/t6-,8+,9+,10-/m1/s1. The van der Waals surface area contributed by atoms with E-state index in [0.29, 0.717) is 11.5 Å². The smallest absolute Gasteiger partial charge is 0.145 e. The zero-order chi connectivity index (χ0) is 12.9. The molecule has 6 nitrogen and oxygen atoms in total. The van der Waals surface area contributed by atoms with E-state index in [2.05, 4.69) is 9.97 Å². The van der Waals surface area contributed by atoms with Gasteiger partial charge in [0.05, 0.1) is 17.5 Å². The topological polar surface area (TPSA) is 97.2 Å². The Labute approximate surface area is 104 Å². The van der Waals surface area contributed by atoms with Gasteiger partial charge in [-0.15, -0.1) is 0 Å². The molecule has 96 valence electrons. The summed E-state index contributed by atoms with van der Waals surface area (Å²) in [7, 11) is 0. The van der Waals surface area contributed by atoms with E-state index >= 15 is 0 Å². The Hall–Kier alpha value is -1.66. The van der Waals surface area contributed by atoms with Crippen LogP contribution in [-0.4, -0.2) is 37.0 Å². The third kappa shape index (κ3) is 1.49. The van der Waals surface area contributed by atoms with Crippen molar-refractivity contribution in [3.63, 3.8) is 0 Å². The Morgan fingerprint density at radius 2 is 2.11 bits per heavy atom. The molecule has 1 aliphatic carbocycles. The Bertz CT molecular complexity index is 582. The van der Waals surface area contributed by atoms with Crippen LogP contribution in [0.5, 0.6) is 0 Å². The van der Waals surface area contributed by atoms with E-state index in [1.807, 2.05) is 23.8 Å². The number of fused-ring (bicyclic) bond motifs is 1. The number of hydrogen-bond acceptors (Lipinski definition) is 5. The molecule has 0 bridgehead atoms. The van der Waals surface area contributed by atoms with Crippen molar-refractivity contribution >= 4 is 16.9 Å². The number of nitrogens with zero attached hydrogens (tertiary/aromatic N) is 3. The lowest BCUT2D eigenvalue weighted by molar-refractivity contribution is 0.00971. The van der Waals surface area contributed by atoms with Crippen LogP contribution in [0.2, 0.25) is 0 Å². The van der Waals surface area contributed by atoms with Crippen molar-refractivity contribution in [2.24, 2.45) is 5.92 Å². The van der Waals surface area contributed by atoms with Gasteiger partial charge in [0.25, 0.3) is 0 Å². The summed E-state index contributed by atoms with van der Waals surface area (Å²) in [4.78, 5) is 8.15. The predicted molar refractivity (Wildman–Crippen MR) is 66.8 cm³/mol. The normalized spacial score (nSPS) is 32.2. The Morgan fingerprint density at radius 1 is 1.33 bits per heavy atom. The highest BCUT2D eigenvalue weighted by molar-refractivity contribution is 5.86. The molecule has 0 aromatic carbocycles. The van der Waals surface area contributed by atoms with Gasteiger partial charge in [-0.1, -0.05) is 6.92 Å². The van der Waals surface area contributed by atoms with Gasteiger partial charge in [0.1, 0.15) is 23.9 Å². The van der Waals surface area contributed by atoms with Gasteiger partial charge in [-0.3, -0.25) is 0 Å². The van der Waals surface area contributed by atoms with Crippen molar-refractivity contribution in [2.75, 3.05) is 5.73 Å². The molecule has 18 heavy (non-hydrogen) atoms. The molecule has 3 rings (SSSR count). The SMILES string of the molecule is C[C@@H]1C[C@H](n2ccc3c(N)ncnc32)[C@@H](O)[C@H]1O. The first-order valence-electron chi connectivity index (χ1n) is 6.02. The number of hydrogen-bond donors (Lipinski definition) is 3. The van der Waals surface area contributed by atoms with E-state index in [1.165, 1.54) is 6.33 Å². The van der Waals surface area contributed by atoms with Crippen LogP contribution in [0.4, 0.5) is 5.82 Å². The van der Waals surface area contributed by atoms with E-state index in [0.717, 1.165) is 11.8 Å². The molecule has 6 heteroatoms. The van der Waals surface area contributed by atoms with Gasteiger partial charge >= 0.3 is 0 Å². The van der Waals surface area contributed by atoms with Gasteiger partial charge in [0.15, 0.2) is 0 Å². The lowest BCUT2D eigenvalue weighted by Crippen LogP contribution is -2.28. The van der Waals surface area contributed by atoms with Gasteiger partial charge in [0, 0.05) is 6.20 Å². The lowest BCUT2D eigenvalue weighted by Gasteiger charge is -2.18. The fourth-order valence-electron chi connectivity index (χ4n) is 2.76. The number of nitrogens with two attached hydrogens (primary N) is 1. The summed E-state index contributed by atoms with van der Waals surface area (Å²) in [6.45, 7) is 1.93. The molecule has 2 aromatic rings. The zero-order valence-corrected chi connectivity index (χ0v) is 10.1. The van der Waals surface area contributed by atoms with Crippen LogP contribution in [0.15, 0.2) is 18.6 Å². The highest BCUT2D eigenvalue weighted by atomic mass is 16.3. The molecule has 1 aliphatic rings. The minimum atomic E-state index is -0.771. The third-order valence-electron chi connectivity index (χ3n) is 3.84. The molecule has 2 aromatic heterocycles. The van der Waals surface area contributed by atoms with Crippen LogP contribution >= 0.6 is 0 Å². The summed E-state index contributed by atoms with van der Waals surface area (Å²) in [5, 5.41) is 20.7. The summed E-state index contributed by atoms with van der Waals surface area (Å²) < 4.78 is 1.88. The summed E-state index contributed by atoms with van der Waals surface area (Å²) in [5.41, 5.74) is 6.48. The fraction of sp³-hybridized carbons (Fsp3) is 0.500. The zero-order valence-electron chi connectivity index (χ0n) is 10.1. The summed E-state index contributed by atoms with van der Waals surface area (Å²) >= 11 is 0. The van der Waals surface area contributed by atoms with Crippen molar-refractivity contribution in [2.45, 2.75) is 31.6 Å². The maximum atomic E-state index is 10.1. The van der Waals surface area contributed by atoms with Gasteiger partial charge in [-0.05, 0) is 18.4 Å². The van der Waals surface area contributed by atoms with E-state index in [1.54, 1.807) is 0 Å². The molecule has 1 fully saturated rings. The van der Waals surface area contributed by atoms with Gasteiger partial charge in [-0.2, -0.15) is 0 Å². The number of aromatic nitrogens is 3. The highest BCUT2D eigenvalue weighted by Gasteiger charge is 2.40. The number of anilines is 1. The first-order valence-corrected chi connectivity index (χ1v) is 6.02. The maximum Gasteiger partial charge on any atom is 0.145 e. The molecule has 4 N–H and O–H groups in total. The molecule has 2 heterocycles. The molecule has 0 spiro atoms. The number of aliphatic hydroxyl groups is 2. The van der Waals surface area contributed by atoms with Gasteiger partial charge in [0.2, 0.25) is 0 Å². The molecule has 4 atom stereocenters. The highest BCUT2D eigenvalue weighted by Crippen LogP contribution is 2.37. The van der Waals surface area contributed by atoms with Crippen molar-refractivity contribution < 1.29 is 10.2 Å². The molecule has 0 aliphatic heterocycles. The second kappa shape index (κ2) is 3.93. The quantitative estimate of drug-likeness (QED) is 0.675. The minimum Gasteiger partial charge on any atom is -0.390 e. The van der Waals surface area contributed by atoms with Crippen LogP contribution in [-0.2, 0) is 0 Å². The first-order chi connectivity index (χ1) is 8.59. The predicted octanol–water partition coefficient (Wildman–Crippen LogP) is 0.316. The molecule has 0 unspecified atom stereocenters. The second-order valence-electron chi connectivity index (χ2n) is 4.98. The van der Waals surface area contributed by atoms with Crippen molar-refractivity contribution in [1.82, 2.24) is 14.5 Å². The van der Waals surface area contributed by atoms with E-state index in [4.69, 9.17) is 5.73 Å². The van der Waals surface area contributed by atoms with Crippen molar-refractivity contribution in [3.8, 4) is 0 Å². The number of nitrogen functional groups attached to an aromatic ring is 1. The number of aliphatic hydroxyl groups excluding tert-OH is 2. The lowest BCUT2D eigenvalue weighted by atomic mass is 10.1. The summed E-state index contributed by atoms with van der Waals surface area (Å²) in [6, 6.07) is 1.68. The summed E-state index contributed by atoms with van der Waals surface area (Å²) in [6.07, 6.45) is 2.51. The molecule has 0 amide bonds. The minimum absolute atomic E-state index is 0.0710.